The number of nitrogens with zero attached hydrogens (tertiary/aromatic N) is 1. The van der Waals surface area contributed by atoms with Gasteiger partial charge in [0.05, 0.1) is 0 Å². The first-order chi connectivity index (χ1) is 9.66. The van der Waals surface area contributed by atoms with Crippen molar-refractivity contribution in [3.05, 3.63) is 0 Å². The minimum Gasteiger partial charge on any atom is -0.384 e. The molecule has 2 aliphatic carbocycles. The molecule has 0 unspecified atom stereocenters. The number of oxime groups is 1. The highest BCUT2D eigenvalue weighted by molar-refractivity contribution is 5.82. The second-order valence-corrected chi connectivity index (χ2v) is 6.21. The Labute approximate surface area is 121 Å². The number of hydrogen-bond donors (Lipinski definition) is 2. The van der Waals surface area contributed by atoms with Crippen molar-refractivity contribution in [2.45, 2.75) is 64.3 Å². The van der Waals surface area contributed by atoms with Gasteiger partial charge in [-0.15, -0.1) is 0 Å². The second kappa shape index (κ2) is 7.50. The Balaban J connectivity index is 1.67. The second-order valence-electron chi connectivity index (χ2n) is 6.21. The van der Waals surface area contributed by atoms with E-state index in [1.54, 1.807) is 0 Å². The van der Waals surface area contributed by atoms with Gasteiger partial charge in [0.15, 0.2) is 6.61 Å². The van der Waals surface area contributed by atoms with E-state index in [1.807, 2.05) is 0 Å². The minimum absolute atomic E-state index is 0.0311. The predicted octanol–water partition coefficient (Wildman–Crippen LogP) is 2.16. The molecule has 0 aromatic rings. The Morgan fingerprint density at radius 1 is 1.20 bits per heavy atom. The van der Waals surface area contributed by atoms with Gasteiger partial charge in [0.2, 0.25) is 0 Å². The van der Waals surface area contributed by atoms with Crippen LogP contribution >= 0.6 is 0 Å². The van der Waals surface area contributed by atoms with Crippen molar-refractivity contribution < 1.29 is 9.63 Å². The number of carbonyl (C=O) groups is 1. The number of nitrogens with one attached hydrogen (secondary N) is 1. The SMILES string of the molecule is C[C@@H]1CCCC[C@H]1NC(=O)CO/N=C(\N)C1CCCC1. The lowest BCUT2D eigenvalue weighted by Gasteiger charge is -2.29. The van der Waals surface area contributed by atoms with Crippen LogP contribution in [0.1, 0.15) is 58.3 Å². The van der Waals surface area contributed by atoms with Crippen LogP contribution in [-0.2, 0) is 9.63 Å². The smallest absolute Gasteiger partial charge is 0.261 e. The monoisotopic (exact) mass is 281 g/mol. The fourth-order valence-electron chi connectivity index (χ4n) is 3.24. The van der Waals surface area contributed by atoms with Gasteiger partial charge in [0.1, 0.15) is 5.84 Å². The third-order valence-electron chi connectivity index (χ3n) is 4.60. The van der Waals surface area contributed by atoms with Crippen molar-refractivity contribution in [1.82, 2.24) is 5.32 Å². The standard InChI is InChI=1S/C15H27N3O2/c1-11-6-2-5-9-13(11)17-14(19)10-20-18-15(16)12-7-3-4-8-12/h11-13H,2-10H2,1H3,(H2,16,18)(H,17,19)/t11-,13-/m1/s1. The van der Waals surface area contributed by atoms with Crippen molar-refractivity contribution in [2.75, 3.05) is 6.61 Å². The molecule has 5 nitrogen and oxygen atoms in total. The van der Waals surface area contributed by atoms with Crippen LogP contribution in [0, 0.1) is 11.8 Å². The van der Waals surface area contributed by atoms with Gasteiger partial charge in [0.25, 0.3) is 5.91 Å². The highest BCUT2D eigenvalue weighted by Gasteiger charge is 2.23. The van der Waals surface area contributed by atoms with Crippen LogP contribution < -0.4 is 11.1 Å². The number of amidine groups is 1. The average molecular weight is 281 g/mol. The van der Waals surface area contributed by atoms with E-state index in [2.05, 4.69) is 17.4 Å². The molecule has 0 heterocycles. The molecule has 2 saturated carbocycles. The van der Waals surface area contributed by atoms with E-state index in [1.165, 1.54) is 32.1 Å². The third kappa shape index (κ3) is 4.39. The summed E-state index contributed by atoms with van der Waals surface area (Å²) in [5.74, 6) is 1.35. The predicted molar refractivity (Wildman–Crippen MR) is 79.1 cm³/mol. The van der Waals surface area contributed by atoms with Gasteiger partial charge in [-0.1, -0.05) is 37.8 Å². The molecule has 2 rings (SSSR count). The summed E-state index contributed by atoms with van der Waals surface area (Å²) in [6.45, 7) is 2.16. The molecule has 0 aromatic heterocycles. The molecule has 0 aliphatic heterocycles. The van der Waals surface area contributed by atoms with E-state index >= 15 is 0 Å². The Bertz CT molecular complexity index is 351. The van der Waals surface area contributed by atoms with Gasteiger partial charge in [-0.25, -0.2) is 0 Å². The van der Waals surface area contributed by atoms with Gasteiger partial charge in [-0.3, -0.25) is 4.79 Å². The van der Waals surface area contributed by atoms with Crippen LogP contribution in [-0.4, -0.2) is 24.4 Å². The summed E-state index contributed by atoms with van der Waals surface area (Å²) in [4.78, 5) is 16.9. The summed E-state index contributed by atoms with van der Waals surface area (Å²) in [6.07, 6.45) is 9.32. The molecule has 2 fully saturated rings. The quantitative estimate of drug-likeness (QED) is 0.460. The van der Waals surface area contributed by atoms with E-state index in [4.69, 9.17) is 10.6 Å². The maximum Gasteiger partial charge on any atom is 0.261 e. The molecule has 0 aromatic carbocycles. The Morgan fingerprint density at radius 3 is 2.55 bits per heavy atom. The zero-order valence-corrected chi connectivity index (χ0v) is 12.4. The zero-order chi connectivity index (χ0) is 14.4. The summed E-state index contributed by atoms with van der Waals surface area (Å²) >= 11 is 0. The molecular weight excluding hydrogens is 254 g/mol. The molecule has 2 atom stereocenters. The van der Waals surface area contributed by atoms with E-state index in [9.17, 15) is 4.79 Å². The molecule has 20 heavy (non-hydrogen) atoms. The molecule has 3 N–H and O–H groups in total. The first-order valence-electron chi connectivity index (χ1n) is 7.91. The van der Waals surface area contributed by atoms with Gasteiger partial charge in [-0.2, -0.15) is 0 Å². The first-order valence-corrected chi connectivity index (χ1v) is 7.91. The van der Waals surface area contributed by atoms with Crippen LogP contribution in [0.25, 0.3) is 0 Å². The van der Waals surface area contributed by atoms with Crippen LogP contribution in [0.3, 0.4) is 0 Å². The number of carbonyl (C=O) groups excluding carboxylic acids is 1. The minimum atomic E-state index is -0.0910. The molecule has 0 bridgehead atoms. The summed E-state index contributed by atoms with van der Waals surface area (Å²) in [6, 6.07) is 0.288. The van der Waals surface area contributed by atoms with E-state index in [-0.39, 0.29) is 18.6 Å². The van der Waals surface area contributed by atoms with Crippen molar-refractivity contribution in [2.24, 2.45) is 22.7 Å². The highest BCUT2D eigenvalue weighted by atomic mass is 16.6. The number of nitrogens with two attached hydrogens (primary N) is 1. The number of amides is 1. The largest absolute Gasteiger partial charge is 0.384 e. The van der Waals surface area contributed by atoms with Crippen molar-refractivity contribution in [1.29, 1.82) is 0 Å². The number of rotatable bonds is 5. The summed E-state index contributed by atoms with van der Waals surface area (Å²) in [5.41, 5.74) is 5.86. The maximum atomic E-state index is 11.8. The lowest BCUT2D eigenvalue weighted by atomic mass is 9.86. The summed E-state index contributed by atoms with van der Waals surface area (Å²) < 4.78 is 0. The fourth-order valence-corrected chi connectivity index (χ4v) is 3.24. The summed E-state index contributed by atoms with van der Waals surface area (Å²) in [5, 5.41) is 6.93. The lowest BCUT2D eigenvalue weighted by Crippen LogP contribution is -2.42. The number of hydrogen-bond acceptors (Lipinski definition) is 3. The van der Waals surface area contributed by atoms with Crippen molar-refractivity contribution >= 4 is 11.7 Å². The first kappa shape index (κ1) is 15.1. The topological polar surface area (TPSA) is 76.7 Å². The molecule has 0 radical (unpaired) electrons. The van der Waals surface area contributed by atoms with Crippen LogP contribution in [0.2, 0.25) is 0 Å². The van der Waals surface area contributed by atoms with Crippen LogP contribution in [0.4, 0.5) is 0 Å². The van der Waals surface area contributed by atoms with E-state index in [0.717, 1.165) is 19.3 Å². The molecule has 0 saturated heterocycles. The molecule has 1 amide bonds. The summed E-state index contributed by atoms with van der Waals surface area (Å²) in [7, 11) is 0. The van der Waals surface area contributed by atoms with Crippen LogP contribution in [0.15, 0.2) is 5.16 Å². The molecule has 2 aliphatic rings. The molecular formula is C15H27N3O2. The molecule has 0 spiro atoms. The van der Waals surface area contributed by atoms with E-state index in [0.29, 0.717) is 17.7 Å². The highest BCUT2D eigenvalue weighted by Crippen LogP contribution is 2.25. The Kier molecular flexibility index (Phi) is 5.68. The van der Waals surface area contributed by atoms with Gasteiger partial charge < -0.3 is 15.9 Å². The third-order valence-corrected chi connectivity index (χ3v) is 4.60. The maximum absolute atomic E-state index is 11.8. The average Bonchev–Trinajstić information content (AvgIpc) is 2.95. The van der Waals surface area contributed by atoms with Gasteiger partial charge >= 0.3 is 0 Å². The lowest BCUT2D eigenvalue weighted by molar-refractivity contribution is -0.127. The van der Waals surface area contributed by atoms with Crippen molar-refractivity contribution in [3.8, 4) is 0 Å². The van der Waals surface area contributed by atoms with Gasteiger partial charge in [-0.05, 0) is 31.6 Å². The zero-order valence-electron chi connectivity index (χ0n) is 12.4. The fraction of sp³-hybridized carbons (Fsp3) is 0.867. The Morgan fingerprint density at radius 2 is 1.85 bits per heavy atom. The Hall–Kier alpha value is -1.26. The van der Waals surface area contributed by atoms with Crippen molar-refractivity contribution in [3.63, 3.8) is 0 Å². The molecule has 114 valence electrons. The molecule has 5 heteroatoms. The van der Waals surface area contributed by atoms with E-state index < -0.39 is 0 Å². The van der Waals surface area contributed by atoms with Gasteiger partial charge in [0, 0.05) is 12.0 Å². The normalized spacial score (nSPS) is 28.4. The van der Waals surface area contributed by atoms with Crippen LogP contribution in [0.5, 0.6) is 0 Å².